The molecule has 1 amide bonds. The molecule has 0 radical (unpaired) electrons. The molecule has 0 aliphatic heterocycles. The van der Waals surface area contributed by atoms with Gasteiger partial charge in [0.05, 0.1) is 5.75 Å². The van der Waals surface area contributed by atoms with Crippen LogP contribution in [0, 0.1) is 12.7 Å². The first-order valence-electron chi connectivity index (χ1n) is 8.68. The van der Waals surface area contributed by atoms with E-state index in [2.05, 4.69) is 15.5 Å². The second kappa shape index (κ2) is 8.50. The van der Waals surface area contributed by atoms with Gasteiger partial charge in [0.25, 0.3) is 0 Å². The zero-order valence-electron chi connectivity index (χ0n) is 15.6. The van der Waals surface area contributed by atoms with Crippen LogP contribution in [0.4, 0.5) is 10.1 Å². The monoisotopic (exact) mass is 418 g/mol. The van der Waals surface area contributed by atoms with Crippen molar-refractivity contribution in [1.82, 2.24) is 10.1 Å². The summed E-state index contributed by atoms with van der Waals surface area (Å²) in [5.41, 5.74) is 2.03. The normalized spacial score (nSPS) is 11.4. The number of nitrogens with two attached hydrogens (primary N) is 1. The van der Waals surface area contributed by atoms with E-state index in [9.17, 15) is 17.6 Å². The molecule has 0 spiro atoms. The first kappa shape index (κ1) is 20.6. The third-order valence-corrected chi connectivity index (χ3v) is 4.76. The Hall–Kier alpha value is -3.11. The minimum atomic E-state index is -3.66. The van der Waals surface area contributed by atoms with Gasteiger partial charge in [0.15, 0.2) is 0 Å². The Balaban J connectivity index is 1.58. The summed E-state index contributed by atoms with van der Waals surface area (Å²) in [6.07, 6.45) is 0.305. The maximum absolute atomic E-state index is 13.4. The Morgan fingerprint density at radius 1 is 1.24 bits per heavy atom. The predicted molar refractivity (Wildman–Crippen MR) is 105 cm³/mol. The molecule has 8 nitrogen and oxygen atoms in total. The molecule has 0 aliphatic carbocycles. The summed E-state index contributed by atoms with van der Waals surface area (Å²) in [5.74, 6) is -0.332. The highest BCUT2D eigenvalue weighted by Gasteiger charge is 2.12. The quantitative estimate of drug-likeness (QED) is 0.607. The molecule has 29 heavy (non-hydrogen) atoms. The summed E-state index contributed by atoms with van der Waals surface area (Å²) in [6.45, 7) is 1.64. The zero-order valence-corrected chi connectivity index (χ0v) is 16.4. The van der Waals surface area contributed by atoms with Gasteiger partial charge < -0.3 is 9.84 Å². The van der Waals surface area contributed by atoms with E-state index < -0.39 is 10.0 Å². The molecule has 152 valence electrons. The SMILES string of the molecule is Cc1cc(-c2noc(CCC(=O)Nc3cccc(CS(N)(=O)=O)c3)n2)ccc1F. The fourth-order valence-electron chi connectivity index (χ4n) is 2.67. The number of aromatic nitrogens is 2. The number of rotatable bonds is 7. The van der Waals surface area contributed by atoms with Gasteiger partial charge >= 0.3 is 0 Å². The van der Waals surface area contributed by atoms with Crippen LogP contribution < -0.4 is 10.5 Å². The number of hydrogen-bond donors (Lipinski definition) is 2. The Kier molecular flexibility index (Phi) is 6.04. The zero-order chi connectivity index (χ0) is 21.0. The second-order valence-corrected chi connectivity index (χ2v) is 8.15. The standard InChI is InChI=1S/C19H19FN4O4S/c1-12-9-14(5-6-16(12)20)19-23-18(28-24-19)8-7-17(25)22-15-4-2-3-13(10-15)11-29(21,26)27/h2-6,9-10H,7-8,11H2,1H3,(H,22,25)(H2,21,26,27). The number of aryl methyl sites for hydroxylation is 2. The van der Waals surface area contributed by atoms with Crippen molar-refractivity contribution in [2.45, 2.75) is 25.5 Å². The van der Waals surface area contributed by atoms with Crippen molar-refractivity contribution in [1.29, 1.82) is 0 Å². The average Bonchev–Trinajstić information content (AvgIpc) is 3.10. The van der Waals surface area contributed by atoms with E-state index in [1.54, 1.807) is 43.3 Å². The summed E-state index contributed by atoms with van der Waals surface area (Å²) >= 11 is 0. The Morgan fingerprint density at radius 2 is 2.03 bits per heavy atom. The van der Waals surface area contributed by atoms with Crippen LogP contribution in [0.15, 0.2) is 47.0 Å². The third kappa shape index (κ3) is 5.93. The Labute approximate surface area is 167 Å². The Morgan fingerprint density at radius 3 is 2.76 bits per heavy atom. The van der Waals surface area contributed by atoms with Crippen molar-refractivity contribution < 1.29 is 22.1 Å². The lowest BCUT2D eigenvalue weighted by atomic mass is 10.1. The predicted octanol–water partition coefficient (Wildman–Crippen LogP) is 2.54. The van der Waals surface area contributed by atoms with Gasteiger partial charge in [0.2, 0.25) is 27.6 Å². The lowest BCUT2D eigenvalue weighted by molar-refractivity contribution is -0.116. The van der Waals surface area contributed by atoms with Gasteiger partial charge in [-0.05, 0) is 48.4 Å². The molecule has 3 N–H and O–H groups in total. The fourth-order valence-corrected chi connectivity index (χ4v) is 3.32. The van der Waals surface area contributed by atoms with Gasteiger partial charge in [0.1, 0.15) is 5.82 Å². The van der Waals surface area contributed by atoms with Crippen molar-refractivity contribution in [2.75, 3.05) is 5.32 Å². The molecule has 1 aromatic heterocycles. The van der Waals surface area contributed by atoms with Crippen LogP contribution in [0.3, 0.4) is 0 Å². The van der Waals surface area contributed by atoms with Crippen molar-refractivity contribution >= 4 is 21.6 Å². The van der Waals surface area contributed by atoms with Gasteiger partial charge in [-0.25, -0.2) is 17.9 Å². The first-order valence-corrected chi connectivity index (χ1v) is 10.4. The Bertz CT molecular complexity index is 1140. The fraction of sp³-hybridized carbons (Fsp3) is 0.211. The molecule has 0 unspecified atom stereocenters. The molecule has 1 heterocycles. The number of carbonyl (C=O) groups is 1. The lowest BCUT2D eigenvalue weighted by Gasteiger charge is -2.06. The molecule has 0 saturated heterocycles. The summed E-state index contributed by atoms with van der Waals surface area (Å²) in [4.78, 5) is 16.4. The maximum atomic E-state index is 13.4. The summed E-state index contributed by atoms with van der Waals surface area (Å²) < 4.78 is 40.9. The van der Waals surface area contributed by atoms with Gasteiger partial charge in [0, 0.05) is 24.1 Å². The number of anilines is 1. The number of nitrogens with zero attached hydrogens (tertiary/aromatic N) is 2. The molecule has 0 fully saturated rings. The first-order chi connectivity index (χ1) is 13.7. The largest absolute Gasteiger partial charge is 0.339 e. The molecule has 0 aliphatic rings. The molecular weight excluding hydrogens is 399 g/mol. The van der Waals surface area contributed by atoms with Crippen molar-refractivity contribution in [3.8, 4) is 11.4 Å². The number of primary sulfonamides is 1. The minimum Gasteiger partial charge on any atom is -0.339 e. The average molecular weight is 418 g/mol. The number of sulfonamides is 1. The molecule has 10 heteroatoms. The van der Waals surface area contributed by atoms with E-state index in [4.69, 9.17) is 9.66 Å². The lowest BCUT2D eigenvalue weighted by Crippen LogP contribution is -2.15. The van der Waals surface area contributed by atoms with Gasteiger partial charge in [-0.15, -0.1) is 0 Å². The molecule has 0 saturated carbocycles. The molecule has 2 aromatic carbocycles. The highest BCUT2D eigenvalue weighted by atomic mass is 32.2. The molecule has 0 bridgehead atoms. The highest BCUT2D eigenvalue weighted by molar-refractivity contribution is 7.88. The van der Waals surface area contributed by atoms with Crippen LogP contribution in [0.5, 0.6) is 0 Å². The van der Waals surface area contributed by atoms with Crippen molar-refractivity contribution in [3.63, 3.8) is 0 Å². The third-order valence-electron chi connectivity index (χ3n) is 4.03. The summed E-state index contributed by atoms with van der Waals surface area (Å²) in [5, 5.41) is 11.6. The van der Waals surface area contributed by atoms with E-state index in [-0.39, 0.29) is 36.2 Å². The molecule has 0 atom stereocenters. The van der Waals surface area contributed by atoms with Crippen molar-refractivity contribution in [2.24, 2.45) is 5.14 Å². The minimum absolute atomic E-state index is 0.0868. The number of benzene rings is 2. The number of nitrogens with one attached hydrogen (secondary N) is 1. The van der Waals surface area contributed by atoms with E-state index in [1.807, 2.05) is 0 Å². The maximum Gasteiger partial charge on any atom is 0.227 e. The number of halogens is 1. The van der Waals surface area contributed by atoms with Gasteiger partial charge in [-0.1, -0.05) is 17.3 Å². The van der Waals surface area contributed by atoms with Crippen LogP contribution >= 0.6 is 0 Å². The molecule has 3 rings (SSSR count). The van der Waals surface area contributed by atoms with E-state index in [1.165, 1.54) is 6.07 Å². The number of carbonyl (C=O) groups excluding carboxylic acids is 1. The van der Waals surface area contributed by atoms with Crippen LogP contribution in [-0.2, 0) is 27.0 Å². The summed E-state index contributed by atoms with van der Waals surface area (Å²) in [7, 11) is -3.66. The number of hydrogen-bond acceptors (Lipinski definition) is 6. The second-order valence-electron chi connectivity index (χ2n) is 6.53. The van der Waals surface area contributed by atoms with Crippen LogP contribution in [0.2, 0.25) is 0 Å². The van der Waals surface area contributed by atoms with Crippen LogP contribution in [0.25, 0.3) is 11.4 Å². The smallest absolute Gasteiger partial charge is 0.227 e. The van der Waals surface area contributed by atoms with Gasteiger partial charge in [-0.3, -0.25) is 4.79 Å². The van der Waals surface area contributed by atoms with Gasteiger partial charge in [-0.2, -0.15) is 4.98 Å². The van der Waals surface area contributed by atoms with E-state index >= 15 is 0 Å². The van der Waals surface area contributed by atoms with Crippen LogP contribution in [-0.4, -0.2) is 24.5 Å². The topological polar surface area (TPSA) is 128 Å². The molecule has 3 aromatic rings. The highest BCUT2D eigenvalue weighted by Crippen LogP contribution is 2.19. The van der Waals surface area contributed by atoms with E-state index in [0.717, 1.165) is 0 Å². The number of amides is 1. The summed E-state index contributed by atoms with van der Waals surface area (Å²) in [6, 6.07) is 10.9. The van der Waals surface area contributed by atoms with Crippen molar-refractivity contribution in [3.05, 3.63) is 65.3 Å². The molecular formula is C19H19FN4O4S. The van der Waals surface area contributed by atoms with Crippen LogP contribution in [0.1, 0.15) is 23.4 Å². The van der Waals surface area contributed by atoms with E-state index in [0.29, 0.717) is 28.2 Å².